The van der Waals surface area contributed by atoms with Gasteiger partial charge in [0, 0.05) is 0 Å². The van der Waals surface area contributed by atoms with Crippen LogP contribution in [0.1, 0.15) is 12.5 Å². The van der Waals surface area contributed by atoms with Crippen LogP contribution in [0.4, 0.5) is 0 Å². The third kappa shape index (κ3) is 2.09. The molecule has 0 radical (unpaired) electrons. The van der Waals surface area contributed by atoms with Crippen molar-refractivity contribution in [2.45, 2.75) is 18.4 Å². The zero-order chi connectivity index (χ0) is 14.1. The van der Waals surface area contributed by atoms with E-state index in [1.165, 1.54) is 10.4 Å². The lowest BCUT2D eigenvalue weighted by Gasteiger charge is -2.09. The number of tetrazole rings is 1. The van der Waals surface area contributed by atoms with Crippen LogP contribution in [0.15, 0.2) is 35.5 Å². The van der Waals surface area contributed by atoms with E-state index >= 15 is 0 Å². The molecule has 3 rings (SSSR count). The van der Waals surface area contributed by atoms with Crippen molar-refractivity contribution in [3.05, 3.63) is 36.0 Å². The molecule has 0 amide bonds. The summed E-state index contributed by atoms with van der Waals surface area (Å²) < 4.78 is 1.80. The Morgan fingerprint density at radius 3 is 2.75 bits per heavy atom. The van der Waals surface area contributed by atoms with Crippen molar-refractivity contribution in [2.24, 2.45) is 7.05 Å². The summed E-state index contributed by atoms with van der Waals surface area (Å²) in [5.41, 5.74) is 3.01. The van der Waals surface area contributed by atoms with Crippen molar-refractivity contribution in [3.8, 4) is 17.1 Å². The van der Waals surface area contributed by atoms with Crippen LogP contribution in [0, 0.1) is 0 Å². The second-order valence-corrected chi connectivity index (χ2v) is 4.80. The molecule has 20 heavy (non-hydrogen) atoms. The van der Waals surface area contributed by atoms with Gasteiger partial charge in [-0.2, -0.15) is 9.90 Å². The molecule has 0 N–H and O–H groups in total. The molecule has 0 atom stereocenters. The van der Waals surface area contributed by atoms with Crippen LogP contribution in [-0.4, -0.2) is 30.0 Å². The Morgan fingerprint density at radius 2 is 2.05 bits per heavy atom. The molecule has 0 spiro atoms. The number of thiol groups is 1. The van der Waals surface area contributed by atoms with E-state index in [-0.39, 0.29) is 0 Å². The van der Waals surface area contributed by atoms with Crippen LogP contribution in [0.25, 0.3) is 17.1 Å². The van der Waals surface area contributed by atoms with Gasteiger partial charge in [-0.05, 0) is 23.3 Å². The van der Waals surface area contributed by atoms with Gasteiger partial charge in [0.1, 0.15) is 5.03 Å². The predicted molar refractivity (Wildman–Crippen MR) is 78.0 cm³/mol. The molecule has 7 heteroatoms. The van der Waals surface area contributed by atoms with Gasteiger partial charge in [0.2, 0.25) is 5.82 Å². The largest absolute Gasteiger partial charge is 0.226 e. The second-order valence-electron chi connectivity index (χ2n) is 4.38. The Morgan fingerprint density at radius 1 is 1.25 bits per heavy atom. The Hall–Kier alpha value is -2.15. The fourth-order valence-corrected chi connectivity index (χ4v) is 2.40. The number of para-hydroxylation sites is 1. The van der Waals surface area contributed by atoms with Gasteiger partial charge in [-0.3, -0.25) is 0 Å². The van der Waals surface area contributed by atoms with Crippen molar-refractivity contribution < 1.29 is 0 Å². The van der Waals surface area contributed by atoms with Gasteiger partial charge < -0.3 is 0 Å². The first-order valence-electron chi connectivity index (χ1n) is 6.30. The fraction of sp³-hybridized carbons (Fsp3) is 0.231. The summed E-state index contributed by atoms with van der Waals surface area (Å²) in [6.07, 6.45) is 2.65. The zero-order valence-corrected chi connectivity index (χ0v) is 12.1. The van der Waals surface area contributed by atoms with Crippen molar-refractivity contribution in [3.63, 3.8) is 0 Å². The molecule has 0 bridgehead atoms. The standard InChI is InChI=1S/C13H14N6S/c1-3-9-6-4-5-7-11(9)19-13(20)10(8-14-19)12-15-17-18(2)16-12/h4-8,20H,3H2,1-2H3. The highest BCUT2D eigenvalue weighted by Gasteiger charge is 2.16. The van der Waals surface area contributed by atoms with E-state index in [9.17, 15) is 0 Å². The van der Waals surface area contributed by atoms with Crippen LogP contribution < -0.4 is 0 Å². The molecule has 2 heterocycles. The minimum Gasteiger partial charge on any atom is -0.226 e. The van der Waals surface area contributed by atoms with Crippen LogP contribution in [0.5, 0.6) is 0 Å². The number of hydrogen-bond acceptors (Lipinski definition) is 5. The van der Waals surface area contributed by atoms with Gasteiger partial charge in [-0.15, -0.1) is 22.8 Å². The summed E-state index contributed by atoms with van der Waals surface area (Å²) in [5, 5.41) is 17.1. The first kappa shape index (κ1) is 12.9. The minimum absolute atomic E-state index is 0.526. The molecule has 0 fully saturated rings. The van der Waals surface area contributed by atoms with Gasteiger partial charge in [-0.1, -0.05) is 25.1 Å². The molecule has 1 aromatic carbocycles. The quantitative estimate of drug-likeness (QED) is 0.747. The first-order chi connectivity index (χ1) is 9.70. The molecule has 0 saturated heterocycles. The predicted octanol–water partition coefficient (Wildman–Crippen LogP) is 1.91. The van der Waals surface area contributed by atoms with Crippen molar-refractivity contribution in [1.29, 1.82) is 0 Å². The maximum Gasteiger partial charge on any atom is 0.209 e. The molecule has 0 saturated carbocycles. The van der Waals surface area contributed by atoms with Crippen LogP contribution >= 0.6 is 12.6 Å². The molecule has 0 aliphatic carbocycles. The lowest BCUT2D eigenvalue weighted by Crippen LogP contribution is -2.01. The van der Waals surface area contributed by atoms with Gasteiger partial charge in [-0.25, -0.2) is 4.68 Å². The van der Waals surface area contributed by atoms with Crippen molar-refractivity contribution >= 4 is 12.6 Å². The molecule has 0 aliphatic heterocycles. The summed E-state index contributed by atoms with van der Waals surface area (Å²) in [5.74, 6) is 0.526. The Labute approximate surface area is 121 Å². The summed E-state index contributed by atoms with van der Waals surface area (Å²) in [6.45, 7) is 2.12. The molecule has 3 aromatic rings. The van der Waals surface area contributed by atoms with Crippen LogP contribution in [0.2, 0.25) is 0 Å². The van der Waals surface area contributed by atoms with Crippen LogP contribution in [0.3, 0.4) is 0 Å². The molecule has 0 unspecified atom stereocenters. The number of aryl methyl sites for hydroxylation is 2. The monoisotopic (exact) mass is 286 g/mol. The SMILES string of the molecule is CCc1ccccc1-n1ncc(-c2nnn(C)n2)c1S. The third-order valence-electron chi connectivity index (χ3n) is 3.09. The highest BCUT2D eigenvalue weighted by Crippen LogP contribution is 2.26. The molecule has 0 aliphatic rings. The lowest BCUT2D eigenvalue weighted by atomic mass is 10.1. The molecular weight excluding hydrogens is 272 g/mol. The average molecular weight is 286 g/mol. The van der Waals surface area contributed by atoms with E-state index < -0.39 is 0 Å². The number of benzene rings is 1. The number of rotatable bonds is 3. The van der Waals surface area contributed by atoms with Crippen molar-refractivity contribution in [2.75, 3.05) is 0 Å². The lowest BCUT2D eigenvalue weighted by molar-refractivity contribution is 0.630. The first-order valence-corrected chi connectivity index (χ1v) is 6.75. The Kier molecular flexibility index (Phi) is 3.27. The van der Waals surface area contributed by atoms with E-state index in [2.05, 4.69) is 46.1 Å². The van der Waals surface area contributed by atoms with E-state index in [0.29, 0.717) is 10.9 Å². The normalized spacial score (nSPS) is 10.9. The van der Waals surface area contributed by atoms with Crippen molar-refractivity contribution in [1.82, 2.24) is 30.0 Å². The zero-order valence-electron chi connectivity index (χ0n) is 11.2. The summed E-state index contributed by atoms with van der Waals surface area (Å²) >= 11 is 4.56. The Balaban J connectivity index is 2.11. The second kappa shape index (κ2) is 5.09. The molecule has 102 valence electrons. The van der Waals surface area contributed by atoms with Gasteiger partial charge in [0.25, 0.3) is 0 Å². The summed E-state index contributed by atoms with van der Waals surface area (Å²) in [4.78, 5) is 1.42. The number of aromatic nitrogens is 6. The summed E-state index contributed by atoms with van der Waals surface area (Å²) in [6, 6.07) is 8.13. The highest BCUT2D eigenvalue weighted by molar-refractivity contribution is 7.80. The number of hydrogen-bond donors (Lipinski definition) is 1. The number of nitrogens with zero attached hydrogens (tertiary/aromatic N) is 6. The van der Waals surface area contributed by atoms with E-state index in [4.69, 9.17) is 0 Å². The molecule has 2 aromatic heterocycles. The van der Waals surface area contributed by atoms with E-state index in [1.54, 1.807) is 17.9 Å². The maximum atomic E-state index is 4.56. The van der Waals surface area contributed by atoms with Gasteiger partial charge in [0.05, 0.1) is 24.5 Å². The van der Waals surface area contributed by atoms with E-state index in [1.807, 2.05) is 18.2 Å². The topological polar surface area (TPSA) is 61.4 Å². The smallest absolute Gasteiger partial charge is 0.209 e. The summed E-state index contributed by atoms with van der Waals surface area (Å²) in [7, 11) is 1.73. The van der Waals surface area contributed by atoms with Crippen LogP contribution in [-0.2, 0) is 13.5 Å². The van der Waals surface area contributed by atoms with Gasteiger partial charge in [0.15, 0.2) is 0 Å². The van der Waals surface area contributed by atoms with Gasteiger partial charge >= 0.3 is 0 Å². The molecular formula is C13H14N6S. The fourth-order valence-electron chi connectivity index (χ4n) is 2.08. The van der Waals surface area contributed by atoms with E-state index in [0.717, 1.165) is 17.7 Å². The minimum atomic E-state index is 0.526. The maximum absolute atomic E-state index is 4.56. The Bertz CT molecular complexity index is 745. The third-order valence-corrected chi connectivity index (χ3v) is 3.52. The molecule has 6 nitrogen and oxygen atoms in total. The highest BCUT2D eigenvalue weighted by atomic mass is 32.1. The average Bonchev–Trinajstić information content (AvgIpc) is 3.05.